The van der Waals surface area contributed by atoms with Gasteiger partial charge in [-0.2, -0.15) is 22.5 Å². The third kappa shape index (κ3) is 4.09. The third-order valence-electron chi connectivity index (χ3n) is 4.96. The first kappa shape index (κ1) is 20.5. The van der Waals surface area contributed by atoms with Gasteiger partial charge in [0.2, 0.25) is 5.91 Å². The van der Waals surface area contributed by atoms with Crippen molar-refractivity contribution in [1.29, 1.82) is 0 Å². The number of likely N-dealkylation sites (N-methyl/N-ethyl adjacent to an activating group) is 1. The Morgan fingerprint density at radius 1 is 1.32 bits per heavy atom. The van der Waals surface area contributed by atoms with E-state index < -0.39 is 34.3 Å². The Hall–Kier alpha value is -2.27. The summed E-state index contributed by atoms with van der Waals surface area (Å²) in [6, 6.07) is 5.38. The van der Waals surface area contributed by atoms with Crippen molar-refractivity contribution in [3.05, 3.63) is 47.3 Å². The molecule has 0 bridgehead atoms. The van der Waals surface area contributed by atoms with Crippen molar-refractivity contribution in [1.82, 2.24) is 18.8 Å². The molecule has 0 radical (unpaired) electrons. The number of benzene rings is 1. The third-order valence-corrected chi connectivity index (χ3v) is 6.55. The number of hydrogen-bond donors (Lipinski definition) is 3. The van der Waals surface area contributed by atoms with Crippen molar-refractivity contribution in [2.45, 2.75) is 38.5 Å². The Morgan fingerprint density at radius 2 is 1.96 bits per heavy atom. The van der Waals surface area contributed by atoms with Crippen molar-refractivity contribution in [2.75, 3.05) is 12.4 Å². The van der Waals surface area contributed by atoms with Crippen LogP contribution in [0.25, 0.3) is 0 Å². The molecule has 0 unspecified atom stereocenters. The number of anilines is 1. The molecular weight excluding hydrogens is 382 g/mol. The molecule has 1 aromatic heterocycles. The minimum Gasteiger partial charge on any atom is -0.389 e. The Labute approximate surface area is 164 Å². The Morgan fingerprint density at radius 3 is 2.50 bits per heavy atom. The van der Waals surface area contributed by atoms with Gasteiger partial charge in [-0.3, -0.25) is 9.48 Å². The van der Waals surface area contributed by atoms with Crippen molar-refractivity contribution in [2.24, 2.45) is 7.05 Å². The van der Waals surface area contributed by atoms with Gasteiger partial charge in [0.25, 0.3) is 10.2 Å². The highest BCUT2D eigenvalue weighted by molar-refractivity contribution is 7.87. The molecule has 1 saturated heterocycles. The van der Waals surface area contributed by atoms with Crippen LogP contribution in [0.15, 0.2) is 30.5 Å². The van der Waals surface area contributed by atoms with Crippen LogP contribution >= 0.6 is 0 Å². The number of aliphatic hydroxyl groups excluding tert-OH is 1. The SMILES string of the molecule is Cc1nn(C)cc1[C@H]1C[C@H](C(=O)Nc2ccc([C@@H](C)O)cc2)N(C)S(=O)(=O)N1. The second-order valence-electron chi connectivity index (χ2n) is 7.07. The predicted molar refractivity (Wildman–Crippen MR) is 105 cm³/mol. The molecule has 9 nitrogen and oxygen atoms in total. The minimum absolute atomic E-state index is 0.278. The Bertz CT molecular complexity index is 968. The molecule has 2 heterocycles. The lowest BCUT2D eigenvalue weighted by Crippen LogP contribution is -2.56. The van der Waals surface area contributed by atoms with Crippen LogP contribution in [0.5, 0.6) is 0 Å². The molecule has 1 amide bonds. The first-order valence-corrected chi connectivity index (χ1v) is 10.4. The smallest absolute Gasteiger partial charge is 0.280 e. The number of aryl methyl sites for hydroxylation is 2. The number of hydrogen-bond acceptors (Lipinski definition) is 5. The molecule has 1 aromatic carbocycles. The number of carbonyl (C=O) groups excluding carboxylic acids is 1. The fourth-order valence-electron chi connectivity index (χ4n) is 3.34. The van der Waals surface area contributed by atoms with Crippen LogP contribution in [0.3, 0.4) is 0 Å². The van der Waals surface area contributed by atoms with Crippen molar-refractivity contribution in [3.63, 3.8) is 0 Å². The maximum Gasteiger partial charge on any atom is 0.280 e. The van der Waals surface area contributed by atoms with Gasteiger partial charge in [0.1, 0.15) is 6.04 Å². The molecule has 1 aliphatic rings. The first-order valence-electron chi connectivity index (χ1n) is 8.93. The molecule has 10 heteroatoms. The van der Waals surface area contributed by atoms with E-state index in [2.05, 4.69) is 15.1 Å². The highest BCUT2D eigenvalue weighted by Crippen LogP contribution is 2.30. The van der Waals surface area contributed by atoms with Gasteiger partial charge < -0.3 is 10.4 Å². The van der Waals surface area contributed by atoms with E-state index >= 15 is 0 Å². The maximum atomic E-state index is 12.8. The molecule has 3 atom stereocenters. The Kier molecular flexibility index (Phi) is 5.57. The van der Waals surface area contributed by atoms with E-state index in [9.17, 15) is 18.3 Å². The lowest BCUT2D eigenvalue weighted by Gasteiger charge is -2.36. The summed E-state index contributed by atoms with van der Waals surface area (Å²) in [5, 5.41) is 16.6. The Balaban J connectivity index is 1.82. The summed E-state index contributed by atoms with van der Waals surface area (Å²) in [7, 11) is -0.669. The number of rotatable bonds is 4. The normalized spacial score (nSPS) is 23.3. The highest BCUT2D eigenvalue weighted by Gasteiger charge is 2.41. The standard InChI is InChI=1S/C18H25N5O4S/c1-11-15(10-22(3)20-11)16-9-17(23(4)28(26,27)21-16)18(25)19-14-7-5-13(6-8-14)12(2)24/h5-8,10,12,16-17,21,24H,9H2,1-4H3,(H,19,25)/t12-,16-,17-/m1/s1. The van der Waals surface area contributed by atoms with E-state index in [-0.39, 0.29) is 6.42 Å². The molecule has 152 valence electrons. The number of nitrogens with one attached hydrogen (secondary N) is 2. The highest BCUT2D eigenvalue weighted by atomic mass is 32.2. The van der Waals surface area contributed by atoms with Gasteiger partial charge in [0, 0.05) is 31.5 Å². The molecule has 3 N–H and O–H groups in total. The predicted octanol–water partition coefficient (Wildman–Crippen LogP) is 1.00. The molecule has 3 rings (SSSR count). The molecular formula is C18H25N5O4S. The van der Waals surface area contributed by atoms with E-state index in [1.807, 2.05) is 0 Å². The molecule has 0 saturated carbocycles. The fraction of sp³-hybridized carbons (Fsp3) is 0.444. The lowest BCUT2D eigenvalue weighted by molar-refractivity contribution is -0.120. The van der Waals surface area contributed by atoms with E-state index in [1.54, 1.807) is 56.0 Å². The summed E-state index contributed by atoms with van der Waals surface area (Å²) in [5.41, 5.74) is 2.73. The van der Waals surface area contributed by atoms with E-state index in [0.717, 1.165) is 15.4 Å². The van der Waals surface area contributed by atoms with Gasteiger partial charge in [-0.1, -0.05) is 12.1 Å². The minimum atomic E-state index is -3.82. The van der Waals surface area contributed by atoms with Gasteiger partial charge in [-0.05, 0) is 38.0 Å². The van der Waals surface area contributed by atoms with Crippen molar-refractivity contribution in [3.8, 4) is 0 Å². The van der Waals surface area contributed by atoms with Crippen LogP contribution in [-0.4, -0.2) is 46.6 Å². The average Bonchev–Trinajstić information content (AvgIpc) is 2.95. The summed E-state index contributed by atoms with van der Waals surface area (Å²) in [5.74, 6) is -0.413. The summed E-state index contributed by atoms with van der Waals surface area (Å²) in [4.78, 5) is 12.8. The van der Waals surface area contributed by atoms with E-state index in [0.29, 0.717) is 11.4 Å². The molecule has 0 aliphatic carbocycles. The van der Waals surface area contributed by atoms with Gasteiger partial charge in [-0.25, -0.2) is 0 Å². The quantitative estimate of drug-likeness (QED) is 0.699. The molecule has 0 spiro atoms. The van der Waals surface area contributed by atoms with E-state index in [4.69, 9.17) is 0 Å². The van der Waals surface area contributed by atoms with Crippen LogP contribution in [0.1, 0.15) is 42.3 Å². The van der Waals surface area contributed by atoms with Gasteiger partial charge >= 0.3 is 0 Å². The number of amides is 1. The van der Waals surface area contributed by atoms with Crippen molar-refractivity contribution < 1.29 is 18.3 Å². The summed E-state index contributed by atoms with van der Waals surface area (Å²) in [6.45, 7) is 3.46. The average molecular weight is 407 g/mol. The number of carbonyl (C=O) groups is 1. The van der Waals surface area contributed by atoms with Crippen molar-refractivity contribution >= 4 is 21.8 Å². The zero-order valence-electron chi connectivity index (χ0n) is 16.2. The zero-order valence-corrected chi connectivity index (χ0v) is 17.1. The summed E-state index contributed by atoms with van der Waals surface area (Å²) >= 11 is 0. The lowest BCUT2D eigenvalue weighted by atomic mass is 10.00. The van der Waals surface area contributed by atoms with Crippen LogP contribution in [0, 0.1) is 6.92 Å². The first-order chi connectivity index (χ1) is 13.1. The summed E-state index contributed by atoms with van der Waals surface area (Å²) in [6.07, 6.45) is 1.44. The number of aliphatic hydroxyl groups is 1. The second-order valence-corrected chi connectivity index (χ2v) is 8.84. The van der Waals surface area contributed by atoms with Crippen LogP contribution in [0.4, 0.5) is 5.69 Å². The van der Waals surface area contributed by atoms with E-state index in [1.165, 1.54) is 7.05 Å². The van der Waals surface area contributed by atoms with Gasteiger partial charge in [0.15, 0.2) is 0 Å². The topological polar surface area (TPSA) is 117 Å². The van der Waals surface area contributed by atoms with Crippen LogP contribution in [0.2, 0.25) is 0 Å². The largest absolute Gasteiger partial charge is 0.389 e. The molecule has 2 aromatic rings. The van der Waals surface area contributed by atoms with Crippen LogP contribution < -0.4 is 10.0 Å². The summed E-state index contributed by atoms with van der Waals surface area (Å²) < 4.78 is 30.4. The number of nitrogens with zero attached hydrogens (tertiary/aromatic N) is 3. The zero-order chi connectivity index (χ0) is 20.6. The molecule has 28 heavy (non-hydrogen) atoms. The molecule has 1 aliphatic heterocycles. The number of aromatic nitrogens is 2. The monoisotopic (exact) mass is 407 g/mol. The maximum absolute atomic E-state index is 12.8. The second kappa shape index (κ2) is 7.63. The molecule has 1 fully saturated rings. The van der Waals surface area contributed by atoms with Crippen LogP contribution in [-0.2, 0) is 22.1 Å². The fourth-order valence-corrected chi connectivity index (χ4v) is 4.61. The van der Waals surface area contributed by atoms with Gasteiger partial charge in [-0.15, -0.1) is 0 Å². The van der Waals surface area contributed by atoms with Gasteiger partial charge in [0.05, 0.1) is 17.8 Å².